The van der Waals surface area contributed by atoms with Crippen molar-refractivity contribution in [2.75, 3.05) is 5.75 Å². The maximum Gasteiger partial charge on any atom is 0.174 e. The quantitative estimate of drug-likeness (QED) is 0.558. The molecule has 0 amide bonds. The van der Waals surface area contributed by atoms with E-state index < -0.39 is 0 Å². The number of nitriles is 1. The molecule has 70 valence electrons. The van der Waals surface area contributed by atoms with Crippen LogP contribution >= 0.6 is 11.8 Å². The molecule has 0 spiro atoms. The molecule has 0 unspecified atom stereocenters. The lowest BCUT2D eigenvalue weighted by Crippen LogP contribution is -2.03. The highest BCUT2D eigenvalue weighted by Crippen LogP contribution is 2.13. The summed E-state index contributed by atoms with van der Waals surface area (Å²) in [6.07, 6.45) is 1.64. The Kier molecular flexibility index (Phi) is 3.96. The Balaban J connectivity index is 2.89. The lowest BCUT2D eigenvalue weighted by molar-refractivity contribution is 0.102. The number of ketones is 1. The molecule has 14 heavy (non-hydrogen) atoms. The molecule has 1 rings (SSSR count). The van der Waals surface area contributed by atoms with E-state index in [1.165, 1.54) is 0 Å². The highest BCUT2D eigenvalue weighted by molar-refractivity contribution is 8.04. The molecule has 2 nitrogen and oxygen atoms in total. The summed E-state index contributed by atoms with van der Waals surface area (Å²) in [6.45, 7) is 3.63. The van der Waals surface area contributed by atoms with E-state index in [1.54, 1.807) is 18.2 Å². The minimum Gasteiger partial charge on any atom is -0.293 e. The smallest absolute Gasteiger partial charge is 0.174 e. The topological polar surface area (TPSA) is 40.9 Å². The number of rotatable bonds is 4. The maximum absolute atomic E-state index is 11.6. The Labute approximate surface area is 87.2 Å². The molecule has 1 aromatic rings. The van der Waals surface area contributed by atoms with Gasteiger partial charge in [0.2, 0.25) is 0 Å². The molecular weight excluding hydrogens is 194 g/mol. The van der Waals surface area contributed by atoms with E-state index in [4.69, 9.17) is 5.26 Å². The van der Waals surface area contributed by atoms with Crippen molar-refractivity contribution >= 4 is 23.6 Å². The van der Waals surface area contributed by atoms with Gasteiger partial charge < -0.3 is 0 Å². The van der Waals surface area contributed by atoms with Crippen molar-refractivity contribution in [3.8, 4) is 5.40 Å². The number of Topliss-reactive ketones (excluding diaryl/α,β-unsaturated/α-hetero) is 1. The summed E-state index contributed by atoms with van der Waals surface area (Å²) in [7, 11) is 0. The van der Waals surface area contributed by atoms with Gasteiger partial charge in [-0.2, -0.15) is 5.26 Å². The van der Waals surface area contributed by atoms with Gasteiger partial charge in [0, 0.05) is 5.56 Å². The Bertz CT molecular complexity index is 393. The third kappa shape index (κ3) is 2.48. The molecular formula is C11H9NOS. The zero-order chi connectivity index (χ0) is 10.4. The molecule has 0 bridgehead atoms. The third-order valence-corrected chi connectivity index (χ3v) is 2.28. The second-order valence-electron chi connectivity index (χ2n) is 2.59. The molecule has 0 aliphatic rings. The first-order chi connectivity index (χ1) is 6.79. The molecule has 0 atom stereocenters. The zero-order valence-corrected chi connectivity index (χ0v) is 8.38. The van der Waals surface area contributed by atoms with Crippen LogP contribution < -0.4 is 0 Å². The van der Waals surface area contributed by atoms with Crippen molar-refractivity contribution < 1.29 is 4.79 Å². The van der Waals surface area contributed by atoms with Crippen LogP contribution in [0.2, 0.25) is 0 Å². The minimum absolute atomic E-state index is 0.0351. The molecule has 0 N–H and O–H groups in total. The fourth-order valence-electron chi connectivity index (χ4n) is 1.10. The van der Waals surface area contributed by atoms with Gasteiger partial charge in [-0.05, 0) is 17.3 Å². The van der Waals surface area contributed by atoms with Crippen molar-refractivity contribution in [3.05, 3.63) is 42.0 Å². The first-order valence-electron chi connectivity index (χ1n) is 4.05. The van der Waals surface area contributed by atoms with E-state index in [-0.39, 0.29) is 11.5 Å². The fourth-order valence-corrected chi connectivity index (χ4v) is 1.46. The van der Waals surface area contributed by atoms with E-state index in [0.717, 1.165) is 17.3 Å². The molecule has 0 aliphatic carbocycles. The van der Waals surface area contributed by atoms with Crippen LogP contribution in [0.25, 0.3) is 6.08 Å². The van der Waals surface area contributed by atoms with Gasteiger partial charge in [0.05, 0.1) is 5.75 Å². The summed E-state index contributed by atoms with van der Waals surface area (Å²) < 4.78 is 0. The average molecular weight is 203 g/mol. The predicted molar refractivity (Wildman–Crippen MR) is 58.9 cm³/mol. The predicted octanol–water partition coefficient (Wildman–Crippen LogP) is 2.73. The lowest BCUT2D eigenvalue weighted by atomic mass is 10.0. The number of thiocyanates is 1. The Morgan fingerprint density at radius 3 is 2.93 bits per heavy atom. The molecule has 1 aromatic carbocycles. The number of hydrogen-bond donors (Lipinski definition) is 0. The van der Waals surface area contributed by atoms with Gasteiger partial charge in [-0.1, -0.05) is 36.9 Å². The largest absolute Gasteiger partial charge is 0.293 e. The van der Waals surface area contributed by atoms with Crippen LogP contribution in [0.5, 0.6) is 0 Å². The molecule has 0 heterocycles. The van der Waals surface area contributed by atoms with Crippen LogP contribution in [0, 0.1) is 10.7 Å². The SMILES string of the molecule is C=Cc1ccccc1C(=O)CSC#N. The normalized spacial score (nSPS) is 9.07. The monoisotopic (exact) mass is 203 g/mol. The number of hydrogen-bond acceptors (Lipinski definition) is 3. The first kappa shape index (κ1) is 10.6. The summed E-state index contributed by atoms with van der Waals surface area (Å²) in [6, 6.07) is 7.23. The lowest BCUT2D eigenvalue weighted by Gasteiger charge is -2.02. The van der Waals surface area contributed by atoms with E-state index in [1.807, 2.05) is 17.5 Å². The van der Waals surface area contributed by atoms with Crippen molar-refractivity contribution in [1.82, 2.24) is 0 Å². The van der Waals surface area contributed by atoms with E-state index in [9.17, 15) is 4.79 Å². The molecule has 0 aromatic heterocycles. The van der Waals surface area contributed by atoms with Gasteiger partial charge in [-0.3, -0.25) is 4.79 Å². The summed E-state index contributed by atoms with van der Waals surface area (Å²) in [5, 5.41) is 10.2. The number of carbonyl (C=O) groups excluding carboxylic acids is 1. The van der Waals surface area contributed by atoms with Crippen molar-refractivity contribution in [2.24, 2.45) is 0 Å². The Morgan fingerprint density at radius 2 is 2.29 bits per heavy atom. The number of nitrogens with zero attached hydrogens (tertiary/aromatic N) is 1. The Hall–Kier alpha value is -1.53. The molecule has 0 aliphatic heterocycles. The molecule has 0 saturated heterocycles. The van der Waals surface area contributed by atoms with Gasteiger partial charge >= 0.3 is 0 Å². The fraction of sp³-hybridized carbons (Fsp3) is 0.0909. The summed E-state index contributed by atoms with van der Waals surface area (Å²) >= 11 is 0.952. The van der Waals surface area contributed by atoms with Gasteiger partial charge in [-0.25, -0.2) is 0 Å². The van der Waals surface area contributed by atoms with Crippen LogP contribution in [-0.4, -0.2) is 11.5 Å². The van der Waals surface area contributed by atoms with E-state index >= 15 is 0 Å². The third-order valence-electron chi connectivity index (χ3n) is 1.75. The second-order valence-corrected chi connectivity index (χ2v) is 3.35. The van der Waals surface area contributed by atoms with Gasteiger partial charge in [0.15, 0.2) is 5.78 Å². The van der Waals surface area contributed by atoms with Crippen LogP contribution in [0.1, 0.15) is 15.9 Å². The standard InChI is InChI=1S/C11H9NOS/c1-2-9-5-3-4-6-10(9)11(13)7-14-8-12/h2-6H,1,7H2. The number of thioether (sulfide) groups is 1. The van der Waals surface area contributed by atoms with Crippen molar-refractivity contribution in [3.63, 3.8) is 0 Å². The van der Waals surface area contributed by atoms with Crippen LogP contribution in [0.3, 0.4) is 0 Å². The van der Waals surface area contributed by atoms with Crippen LogP contribution in [-0.2, 0) is 0 Å². The highest BCUT2D eigenvalue weighted by atomic mass is 32.2. The van der Waals surface area contributed by atoms with Gasteiger partial charge in [-0.15, -0.1) is 0 Å². The van der Waals surface area contributed by atoms with Gasteiger partial charge in [0.25, 0.3) is 0 Å². The summed E-state index contributed by atoms with van der Waals surface area (Å²) in [4.78, 5) is 11.6. The number of benzene rings is 1. The summed E-state index contributed by atoms with van der Waals surface area (Å²) in [5.74, 6) is 0.161. The average Bonchev–Trinajstić information content (AvgIpc) is 2.25. The second kappa shape index (κ2) is 5.25. The first-order valence-corrected chi connectivity index (χ1v) is 5.03. The molecule has 3 heteroatoms. The Morgan fingerprint density at radius 1 is 1.57 bits per heavy atom. The van der Waals surface area contributed by atoms with Gasteiger partial charge in [0.1, 0.15) is 5.40 Å². The number of carbonyl (C=O) groups is 1. The molecule has 0 radical (unpaired) electrons. The summed E-state index contributed by atoms with van der Waals surface area (Å²) in [5.41, 5.74) is 1.45. The van der Waals surface area contributed by atoms with Crippen LogP contribution in [0.15, 0.2) is 30.8 Å². The van der Waals surface area contributed by atoms with Crippen LogP contribution in [0.4, 0.5) is 0 Å². The zero-order valence-electron chi connectivity index (χ0n) is 7.56. The highest BCUT2D eigenvalue weighted by Gasteiger charge is 2.08. The van der Waals surface area contributed by atoms with Crippen molar-refractivity contribution in [1.29, 1.82) is 5.26 Å². The molecule has 0 fully saturated rings. The van der Waals surface area contributed by atoms with E-state index in [0.29, 0.717) is 5.56 Å². The van der Waals surface area contributed by atoms with Crippen molar-refractivity contribution in [2.45, 2.75) is 0 Å². The molecule has 0 saturated carbocycles. The van der Waals surface area contributed by atoms with E-state index in [2.05, 4.69) is 6.58 Å². The maximum atomic E-state index is 11.6. The minimum atomic E-state index is -0.0351.